The monoisotopic (exact) mass is 304 g/mol. The van der Waals surface area contributed by atoms with Crippen LogP contribution < -0.4 is 15.2 Å². The highest BCUT2D eigenvalue weighted by Crippen LogP contribution is 2.20. The molecule has 1 aromatic carbocycles. The summed E-state index contributed by atoms with van der Waals surface area (Å²) in [5.74, 6) is -1.49. The fourth-order valence-corrected chi connectivity index (χ4v) is 1.86. The largest absolute Gasteiger partial charge is 0.481 e. The number of rotatable bonds is 6. The van der Waals surface area contributed by atoms with Gasteiger partial charge in [-0.2, -0.15) is 0 Å². The first-order valence-corrected chi connectivity index (χ1v) is 7.53. The van der Waals surface area contributed by atoms with E-state index in [1.807, 2.05) is 13.8 Å². The Morgan fingerprint density at radius 1 is 1.50 bits per heavy atom. The number of primary sulfonamides is 1. The van der Waals surface area contributed by atoms with Gasteiger partial charge in [0.05, 0.1) is 4.90 Å². The summed E-state index contributed by atoms with van der Waals surface area (Å²) in [6, 6.07) is 2.98. The fraction of sp³-hybridized carbons (Fsp3) is 0.417. The molecule has 6 nitrogen and oxygen atoms in total. The first-order chi connectivity index (χ1) is 9.24. The van der Waals surface area contributed by atoms with E-state index in [9.17, 15) is 17.6 Å². The maximum Gasteiger partial charge on any atom is 0.258 e. The number of hydrogen-bond donors (Lipinski definition) is 2. The van der Waals surface area contributed by atoms with Gasteiger partial charge < -0.3 is 10.1 Å². The molecule has 112 valence electrons. The summed E-state index contributed by atoms with van der Waals surface area (Å²) in [4.78, 5) is 11.1. The van der Waals surface area contributed by atoms with Crippen molar-refractivity contribution in [2.75, 3.05) is 6.61 Å². The van der Waals surface area contributed by atoms with Crippen molar-refractivity contribution in [1.82, 2.24) is 5.32 Å². The van der Waals surface area contributed by atoms with Crippen LogP contribution in [0, 0.1) is 5.82 Å². The molecule has 0 aliphatic heterocycles. The summed E-state index contributed by atoms with van der Waals surface area (Å²) < 4.78 is 40.6. The standard InChI is InChI=1S/C12H17FN2O4S/c1-3-8(2)15-12(16)7-19-11-5-4-9(6-10(11)13)20(14,17)18/h4-6,8H,3,7H2,1-2H3,(H,15,16)(H2,14,17,18). The number of carbonyl (C=O) groups is 1. The van der Waals surface area contributed by atoms with E-state index in [1.165, 1.54) is 0 Å². The third kappa shape index (κ3) is 4.78. The molecule has 20 heavy (non-hydrogen) atoms. The Morgan fingerprint density at radius 3 is 2.65 bits per heavy atom. The average molecular weight is 304 g/mol. The Morgan fingerprint density at radius 2 is 2.15 bits per heavy atom. The molecule has 0 heterocycles. The van der Waals surface area contributed by atoms with Crippen LogP contribution in [0.4, 0.5) is 4.39 Å². The molecule has 0 aliphatic rings. The van der Waals surface area contributed by atoms with Gasteiger partial charge in [-0.25, -0.2) is 17.9 Å². The molecule has 1 aromatic rings. The van der Waals surface area contributed by atoms with Gasteiger partial charge in [0, 0.05) is 6.04 Å². The lowest BCUT2D eigenvalue weighted by atomic mass is 10.2. The summed E-state index contributed by atoms with van der Waals surface area (Å²) in [5, 5.41) is 7.52. The molecule has 8 heteroatoms. The number of hydrogen-bond acceptors (Lipinski definition) is 4. The second-order valence-corrected chi connectivity index (χ2v) is 5.86. The van der Waals surface area contributed by atoms with Crippen LogP contribution in [-0.4, -0.2) is 27.0 Å². The van der Waals surface area contributed by atoms with Crippen LogP contribution in [0.15, 0.2) is 23.1 Å². The number of carbonyl (C=O) groups excluding carboxylic acids is 1. The molecule has 1 unspecified atom stereocenters. The highest BCUT2D eigenvalue weighted by Gasteiger charge is 2.13. The smallest absolute Gasteiger partial charge is 0.258 e. The van der Waals surface area contributed by atoms with Gasteiger partial charge in [-0.3, -0.25) is 4.79 Å². The maximum absolute atomic E-state index is 13.6. The molecule has 1 atom stereocenters. The first-order valence-electron chi connectivity index (χ1n) is 5.98. The second kappa shape index (κ2) is 6.67. The summed E-state index contributed by atoms with van der Waals surface area (Å²) in [6.07, 6.45) is 0.767. The Bertz CT molecular complexity index is 589. The molecule has 0 saturated carbocycles. The van der Waals surface area contributed by atoms with Gasteiger partial charge in [0.25, 0.3) is 5.91 Å². The van der Waals surface area contributed by atoms with Gasteiger partial charge in [0.15, 0.2) is 18.2 Å². The van der Waals surface area contributed by atoms with Crippen LogP contribution in [0.2, 0.25) is 0 Å². The Balaban J connectivity index is 2.68. The van der Waals surface area contributed by atoms with E-state index in [2.05, 4.69) is 5.32 Å². The molecular weight excluding hydrogens is 287 g/mol. The SMILES string of the molecule is CCC(C)NC(=O)COc1ccc(S(N)(=O)=O)cc1F. The maximum atomic E-state index is 13.6. The van der Waals surface area contributed by atoms with Crippen molar-refractivity contribution >= 4 is 15.9 Å². The van der Waals surface area contributed by atoms with Gasteiger partial charge >= 0.3 is 0 Å². The number of sulfonamides is 1. The third-order valence-corrected chi connectivity index (χ3v) is 3.52. The molecule has 3 N–H and O–H groups in total. The predicted octanol–water partition coefficient (Wildman–Crippen LogP) is 0.767. The third-order valence-electron chi connectivity index (χ3n) is 2.61. The number of amides is 1. The first kappa shape index (κ1) is 16.4. The van der Waals surface area contributed by atoms with Gasteiger partial charge in [-0.05, 0) is 31.5 Å². The van der Waals surface area contributed by atoms with Crippen molar-refractivity contribution in [3.05, 3.63) is 24.0 Å². The van der Waals surface area contributed by atoms with Crippen molar-refractivity contribution in [2.24, 2.45) is 5.14 Å². The normalized spacial score (nSPS) is 12.8. The lowest BCUT2D eigenvalue weighted by Gasteiger charge is -2.12. The van der Waals surface area contributed by atoms with E-state index in [0.29, 0.717) is 0 Å². The summed E-state index contributed by atoms with van der Waals surface area (Å²) in [5.41, 5.74) is 0. The Kier molecular flexibility index (Phi) is 5.46. The quantitative estimate of drug-likeness (QED) is 0.811. The molecular formula is C12H17FN2O4S. The van der Waals surface area contributed by atoms with Crippen LogP contribution in [0.1, 0.15) is 20.3 Å². The highest BCUT2D eigenvalue weighted by molar-refractivity contribution is 7.89. The molecule has 0 radical (unpaired) electrons. The minimum atomic E-state index is -3.97. The van der Waals surface area contributed by atoms with E-state index >= 15 is 0 Å². The van der Waals surface area contributed by atoms with Crippen LogP contribution in [-0.2, 0) is 14.8 Å². The van der Waals surface area contributed by atoms with Gasteiger partial charge in [-0.1, -0.05) is 6.92 Å². The molecule has 0 aromatic heterocycles. The van der Waals surface area contributed by atoms with Gasteiger partial charge in [-0.15, -0.1) is 0 Å². The molecule has 1 rings (SSSR count). The van der Waals surface area contributed by atoms with E-state index in [-0.39, 0.29) is 29.2 Å². The zero-order valence-corrected chi connectivity index (χ0v) is 12.0. The topological polar surface area (TPSA) is 98.5 Å². The fourth-order valence-electron chi connectivity index (χ4n) is 1.34. The van der Waals surface area contributed by atoms with Crippen molar-refractivity contribution in [2.45, 2.75) is 31.2 Å². The van der Waals surface area contributed by atoms with E-state index in [1.54, 1.807) is 0 Å². The average Bonchev–Trinajstić information content (AvgIpc) is 2.35. The zero-order valence-electron chi connectivity index (χ0n) is 11.2. The molecule has 0 spiro atoms. The Labute approximate surface area is 117 Å². The van der Waals surface area contributed by atoms with Gasteiger partial charge in [0.2, 0.25) is 10.0 Å². The van der Waals surface area contributed by atoms with Crippen molar-refractivity contribution in [3.8, 4) is 5.75 Å². The highest BCUT2D eigenvalue weighted by atomic mass is 32.2. The molecule has 0 aliphatic carbocycles. The number of ether oxygens (including phenoxy) is 1. The number of nitrogens with two attached hydrogens (primary N) is 1. The van der Waals surface area contributed by atoms with Crippen LogP contribution >= 0.6 is 0 Å². The molecule has 0 bridgehead atoms. The second-order valence-electron chi connectivity index (χ2n) is 4.30. The predicted molar refractivity (Wildman–Crippen MR) is 71.2 cm³/mol. The number of nitrogens with one attached hydrogen (secondary N) is 1. The minimum Gasteiger partial charge on any atom is -0.481 e. The summed E-state index contributed by atoms with van der Waals surface area (Å²) >= 11 is 0. The van der Waals surface area contributed by atoms with Crippen molar-refractivity contribution in [1.29, 1.82) is 0 Å². The summed E-state index contributed by atoms with van der Waals surface area (Å²) in [7, 11) is -3.97. The van der Waals surface area contributed by atoms with E-state index in [4.69, 9.17) is 9.88 Å². The lowest BCUT2D eigenvalue weighted by Crippen LogP contribution is -2.35. The van der Waals surface area contributed by atoms with Crippen LogP contribution in [0.5, 0.6) is 5.75 Å². The van der Waals surface area contributed by atoms with Gasteiger partial charge in [0.1, 0.15) is 0 Å². The van der Waals surface area contributed by atoms with Crippen LogP contribution in [0.3, 0.4) is 0 Å². The zero-order chi connectivity index (χ0) is 15.3. The number of halogens is 1. The van der Waals surface area contributed by atoms with E-state index in [0.717, 1.165) is 24.6 Å². The number of benzene rings is 1. The summed E-state index contributed by atoms with van der Waals surface area (Å²) in [6.45, 7) is 3.40. The lowest BCUT2D eigenvalue weighted by molar-refractivity contribution is -0.123. The molecule has 1 amide bonds. The minimum absolute atomic E-state index is 0.000654. The van der Waals surface area contributed by atoms with E-state index < -0.39 is 15.8 Å². The van der Waals surface area contributed by atoms with Crippen molar-refractivity contribution in [3.63, 3.8) is 0 Å². The Hall–Kier alpha value is -1.67. The molecule has 0 saturated heterocycles. The molecule has 0 fully saturated rings. The van der Waals surface area contributed by atoms with Crippen LogP contribution in [0.25, 0.3) is 0 Å². The van der Waals surface area contributed by atoms with Crippen molar-refractivity contribution < 1.29 is 22.3 Å².